The van der Waals surface area contributed by atoms with Gasteiger partial charge in [0.15, 0.2) is 0 Å². The minimum absolute atomic E-state index is 0.0129. The topological polar surface area (TPSA) is 65.0 Å². The van der Waals surface area contributed by atoms with Crippen molar-refractivity contribution < 1.29 is 24.1 Å². The van der Waals surface area contributed by atoms with E-state index in [1.807, 2.05) is 25.1 Å². The van der Waals surface area contributed by atoms with Crippen LogP contribution in [0.3, 0.4) is 0 Å². The molecule has 0 amide bonds. The summed E-state index contributed by atoms with van der Waals surface area (Å²) >= 11 is 1.68. The van der Waals surface area contributed by atoms with Gasteiger partial charge in [0.05, 0.1) is 0 Å². The van der Waals surface area contributed by atoms with Crippen LogP contribution in [-0.2, 0) is 19.0 Å². The maximum absolute atomic E-state index is 12.5. The molecule has 1 aromatic heterocycles. The molecule has 6 heteroatoms. The van der Waals surface area contributed by atoms with Crippen LogP contribution in [-0.4, -0.2) is 37.2 Å². The van der Waals surface area contributed by atoms with Gasteiger partial charge in [0, 0.05) is 29.7 Å². The third kappa shape index (κ3) is 4.46. The van der Waals surface area contributed by atoms with E-state index in [4.69, 9.17) is 14.2 Å². The number of carbonyl (C=O) groups is 1. The van der Waals surface area contributed by atoms with Crippen LogP contribution in [0.15, 0.2) is 54.1 Å². The Kier molecular flexibility index (Phi) is 7.25. The van der Waals surface area contributed by atoms with Gasteiger partial charge in [0.2, 0.25) is 12.0 Å². The Bertz CT molecular complexity index is 840. The Morgan fingerprint density at radius 2 is 2.21 bits per heavy atom. The second-order valence-corrected chi connectivity index (χ2v) is 7.51. The molecule has 1 aliphatic rings. The maximum Gasteiger partial charge on any atom is 0.373 e. The molecular formula is C22H26O5S. The van der Waals surface area contributed by atoms with Gasteiger partial charge in [0.1, 0.15) is 6.61 Å². The smallest absolute Gasteiger partial charge is 0.373 e. The first kappa shape index (κ1) is 20.6. The van der Waals surface area contributed by atoms with Crippen molar-refractivity contribution in [2.75, 3.05) is 19.8 Å². The van der Waals surface area contributed by atoms with Gasteiger partial charge in [-0.05, 0) is 48.2 Å². The van der Waals surface area contributed by atoms with Crippen LogP contribution in [0.25, 0.3) is 10.1 Å². The lowest BCUT2D eigenvalue weighted by Gasteiger charge is -2.36. The summed E-state index contributed by atoms with van der Waals surface area (Å²) in [6.45, 7) is 6.16. The summed E-state index contributed by atoms with van der Waals surface area (Å²) in [7, 11) is 0. The van der Waals surface area contributed by atoms with E-state index in [-0.39, 0.29) is 30.8 Å². The largest absolute Gasteiger partial charge is 0.457 e. The first-order chi connectivity index (χ1) is 13.7. The number of thiophene rings is 1. The van der Waals surface area contributed by atoms with E-state index < -0.39 is 12.3 Å². The van der Waals surface area contributed by atoms with Crippen LogP contribution in [0.4, 0.5) is 0 Å². The molecule has 1 N–H and O–H groups in total. The summed E-state index contributed by atoms with van der Waals surface area (Å²) in [5, 5.41) is 12.7. The van der Waals surface area contributed by atoms with E-state index in [0.717, 1.165) is 12.0 Å². The van der Waals surface area contributed by atoms with Crippen molar-refractivity contribution in [3.63, 3.8) is 0 Å². The molecule has 0 spiro atoms. The van der Waals surface area contributed by atoms with Gasteiger partial charge in [-0.15, -0.1) is 11.3 Å². The summed E-state index contributed by atoms with van der Waals surface area (Å²) in [5.74, 6) is -0.434. The lowest BCUT2D eigenvalue weighted by molar-refractivity contribution is -0.175. The molecule has 28 heavy (non-hydrogen) atoms. The lowest BCUT2D eigenvalue weighted by Crippen LogP contribution is -2.36. The van der Waals surface area contributed by atoms with Crippen molar-refractivity contribution >= 4 is 27.4 Å². The predicted octanol–water partition coefficient (Wildman–Crippen LogP) is 4.38. The summed E-state index contributed by atoms with van der Waals surface area (Å²) < 4.78 is 18.1. The molecule has 1 aliphatic heterocycles. The number of aliphatic hydroxyl groups is 1. The highest BCUT2D eigenvalue weighted by atomic mass is 32.1. The van der Waals surface area contributed by atoms with Crippen molar-refractivity contribution in [3.8, 4) is 0 Å². The highest BCUT2D eigenvalue weighted by Gasteiger charge is 2.39. The highest BCUT2D eigenvalue weighted by molar-refractivity contribution is 7.17. The van der Waals surface area contributed by atoms with Crippen LogP contribution in [0.5, 0.6) is 0 Å². The van der Waals surface area contributed by atoms with Crippen molar-refractivity contribution in [2.24, 2.45) is 5.92 Å². The third-order valence-corrected chi connectivity index (χ3v) is 5.80. The van der Waals surface area contributed by atoms with Crippen molar-refractivity contribution in [2.45, 2.75) is 32.0 Å². The van der Waals surface area contributed by atoms with Crippen molar-refractivity contribution in [1.82, 2.24) is 0 Å². The number of ether oxygens (including phenoxy) is 3. The molecule has 3 rings (SSSR count). The Labute approximate surface area is 169 Å². The summed E-state index contributed by atoms with van der Waals surface area (Å²) in [4.78, 5) is 12.5. The Morgan fingerprint density at radius 3 is 2.96 bits per heavy atom. The molecule has 2 aromatic rings. The Hall–Kier alpha value is -2.15. The maximum atomic E-state index is 12.5. The van der Waals surface area contributed by atoms with Crippen LogP contribution in [0, 0.1) is 5.92 Å². The number of carbonyl (C=O) groups excluding carboxylic acids is 1. The molecule has 1 aromatic carbocycles. The first-order valence-corrected chi connectivity index (χ1v) is 10.4. The molecule has 150 valence electrons. The van der Waals surface area contributed by atoms with Gasteiger partial charge in [-0.3, -0.25) is 0 Å². The molecule has 2 heterocycles. The number of esters is 1. The monoisotopic (exact) mass is 402 g/mol. The zero-order valence-corrected chi connectivity index (χ0v) is 16.8. The Balaban J connectivity index is 2.02. The average Bonchev–Trinajstić information content (AvgIpc) is 3.14. The van der Waals surface area contributed by atoms with E-state index in [1.54, 1.807) is 11.3 Å². The second kappa shape index (κ2) is 9.87. The lowest BCUT2D eigenvalue weighted by atomic mass is 9.80. The standard InChI is InChI=1S/C22H26O5S/c1-3-12-26-21(24)19-13-17(16(9-7-11-23)22(27-19)25-4-2)18-14-28-20-10-6-5-8-15(18)20/h3,5-6,8,10,13-14,16-17,22-23H,1,4,7,9,11-12H2,2H3/t16-,17-,22+/m1/s1. The minimum atomic E-state index is -0.573. The molecule has 3 atom stereocenters. The molecule has 0 bridgehead atoms. The van der Waals surface area contributed by atoms with Crippen LogP contribution < -0.4 is 0 Å². The minimum Gasteiger partial charge on any atom is -0.457 e. The van der Waals surface area contributed by atoms with E-state index >= 15 is 0 Å². The fraction of sp³-hybridized carbons (Fsp3) is 0.409. The number of allylic oxidation sites excluding steroid dienone is 1. The summed E-state index contributed by atoms with van der Waals surface area (Å²) in [5.41, 5.74) is 1.14. The van der Waals surface area contributed by atoms with E-state index in [1.165, 1.54) is 16.2 Å². The quantitative estimate of drug-likeness (QED) is 0.498. The highest BCUT2D eigenvalue weighted by Crippen LogP contribution is 2.43. The molecule has 5 nitrogen and oxygen atoms in total. The van der Waals surface area contributed by atoms with Gasteiger partial charge in [-0.25, -0.2) is 4.79 Å². The van der Waals surface area contributed by atoms with E-state index in [2.05, 4.69) is 24.1 Å². The van der Waals surface area contributed by atoms with Crippen LogP contribution >= 0.6 is 11.3 Å². The number of benzene rings is 1. The second-order valence-electron chi connectivity index (χ2n) is 6.60. The summed E-state index contributed by atoms with van der Waals surface area (Å²) in [6.07, 6.45) is 4.16. The third-order valence-electron chi connectivity index (χ3n) is 4.81. The molecule has 0 saturated carbocycles. The van der Waals surface area contributed by atoms with Gasteiger partial charge in [-0.2, -0.15) is 0 Å². The number of hydrogen-bond donors (Lipinski definition) is 1. The fourth-order valence-electron chi connectivity index (χ4n) is 3.57. The van der Waals surface area contributed by atoms with Crippen LogP contribution in [0.2, 0.25) is 0 Å². The zero-order chi connectivity index (χ0) is 19.9. The number of hydrogen-bond acceptors (Lipinski definition) is 6. The summed E-state index contributed by atoms with van der Waals surface area (Å²) in [6, 6.07) is 8.23. The fourth-order valence-corrected chi connectivity index (χ4v) is 4.58. The molecule has 0 fully saturated rings. The SMILES string of the molecule is C=CCOC(=O)C1=C[C@@H](c2csc3ccccc23)[C@@H](CCCO)[C@@H](OCC)O1. The Morgan fingerprint density at radius 1 is 1.39 bits per heavy atom. The van der Waals surface area contributed by atoms with Gasteiger partial charge >= 0.3 is 5.97 Å². The number of fused-ring (bicyclic) bond motifs is 1. The molecule has 0 aliphatic carbocycles. The molecular weight excluding hydrogens is 376 g/mol. The van der Waals surface area contributed by atoms with Gasteiger partial charge < -0.3 is 19.3 Å². The number of aliphatic hydroxyl groups excluding tert-OH is 1. The molecule has 0 saturated heterocycles. The van der Waals surface area contributed by atoms with E-state index in [0.29, 0.717) is 13.0 Å². The normalized spacial score (nSPS) is 21.8. The molecule has 0 radical (unpaired) electrons. The molecule has 0 unspecified atom stereocenters. The van der Waals surface area contributed by atoms with Gasteiger partial charge in [-0.1, -0.05) is 30.9 Å². The van der Waals surface area contributed by atoms with Crippen molar-refractivity contribution in [3.05, 3.63) is 59.7 Å². The zero-order valence-electron chi connectivity index (χ0n) is 16.0. The van der Waals surface area contributed by atoms with E-state index in [9.17, 15) is 9.90 Å². The predicted molar refractivity (Wildman–Crippen MR) is 110 cm³/mol. The average molecular weight is 403 g/mol. The van der Waals surface area contributed by atoms with Crippen LogP contribution in [0.1, 0.15) is 31.2 Å². The van der Waals surface area contributed by atoms with Gasteiger partial charge in [0.25, 0.3) is 0 Å². The van der Waals surface area contributed by atoms with Crippen molar-refractivity contribution in [1.29, 1.82) is 0 Å². The first-order valence-electron chi connectivity index (χ1n) is 9.54. The number of rotatable bonds is 9.